The summed E-state index contributed by atoms with van der Waals surface area (Å²) in [6.45, 7) is 9.42. The van der Waals surface area contributed by atoms with Gasteiger partial charge < -0.3 is 10.1 Å². The first-order valence-electron chi connectivity index (χ1n) is 11.3. The number of esters is 1. The van der Waals surface area contributed by atoms with Crippen LogP contribution in [0.25, 0.3) is 6.08 Å². The van der Waals surface area contributed by atoms with E-state index < -0.39 is 0 Å². The maximum absolute atomic E-state index is 11.4. The third-order valence-corrected chi connectivity index (χ3v) is 4.68. The van der Waals surface area contributed by atoms with Gasteiger partial charge in [0.15, 0.2) is 0 Å². The van der Waals surface area contributed by atoms with Crippen LogP contribution in [0.5, 0.6) is 0 Å². The number of para-hydroxylation sites is 1. The number of benzene rings is 1. The van der Waals surface area contributed by atoms with E-state index in [-0.39, 0.29) is 5.97 Å². The molecule has 0 amide bonds. The lowest BCUT2D eigenvalue weighted by Gasteiger charge is -2.09. The summed E-state index contributed by atoms with van der Waals surface area (Å²) in [5, 5.41) is 3.58. The molecule has 1 rings (SSSR count). The number of carbonyl (C=O) groups excluding carboxylic acids is 1. The Morgan fingerprint density at radius 1 is 0.967 bits per heavy atom. The highest BCUT2D eigenvalue weighted by Crippen LogP contribution is 2.18. The zero-order valence-corrected chi connectivity index (χ0v) is 19.2. The minimum atomic E-state index is -0.301. The molecule has 0 saturated heterocycles. The Balaban J connectivity index is 2.56. The fourth-order valence-electron chi connectivity index (χ4n) is 2.98. The van der Waals surface area contributed by atoms with Crippen LogP contribution in [-0.4, -0.2) is 19.1 Å². The summed E-state index contributed by atoms with van der Waals surface area (Å²) in [5.41, 5.74) is 4.38. The molecular weight excluding hydrogens is 370 g/mol. The topological polar surface area (TPSA) is 38.3 Å². The molecular formula is C27H39NO2. The molecule has 0 saturated carbocycles. The van der Waals surface area contributed by atoms with E-state index in [1.54, 1.807) is 6.92 Å². The summed E-state index contributed by atoms with van der Waals surface area (Å²) in [7, 11) is 0. The summed E-state index contributed by atoms with van der Waals surface area (Å²) in [5.74, 6) is -0.301. The number of hydrogen-bond donors (Lipinski definition) is 1. The second kappa shape index (κ2) is 16.3. The monoisotopic (exact) mass is 409 g/mol. The molecule has 30 heavy (non-hydrogen) atoms. The number of ether oxygens (including phenoxy) is 1. The van der Waals surface area contributed by atoms with E-state index >= 15 is 0 Å². The zero-order chi connectivity index (χ0) is 22.0. The number of anilines is 1. The van der Waals surface area contributed by atoms with Gasteiger partial charge in [-0.15, -0.1) is 0 Å². The second-order valence-electron chi connectivity index (χ2n) is 7.53. The third-order valence-electron chi connectivity index (χ3n) is 4.68. The molecule has 0 aliphatic heterocycles. The van der Waals surface area contributed by atoms with Crippen LogP contribution in [0.3, 0.4) is 0 Å². The fraction of sp³-hybridized carbons (Fsp3) is 0.444. The molecule has 0 unspecified atom stereocenters. The van der Waals surface area contributed by atoms with E-state index in [0.29, 0.717) is 6.61 Å². The molecule has 0 aliphatic rings. The minimum absolute atomic E-state index is 0.301. The Hall–Kier alpha value is -2.55. The normalized spacial score (nSPS) is 12.7. The molecule has 0 fully saturated rings. The van der Waals surface area contributed by atoms with E-state index in [1.165, 1.54) is 55.9 Å². The Bertz CT molecular complexity index is 741. The standard InChI is InChI=1S/C27H39NO2/c1-5-7-8-9-10-13-21-28-26-18-12-11-17-25(26)20-19-23(3)15-14-16-24(4)22-27(29)30-6-2/h11-12,14-20,22,28H,5-10,13,21H2,1-4H3/b16-14?,20-19?,23-15?,24-22+. The van der Waals surface area contributed by atoms with Crippen LogP contribution in [0, 0.1) is 0 Å². The molecule has 0 spiro atoms. The van der Waals surface area contributed by atoms with Crippen molar-refractivity contribution in [2.24, 2.45) is 0 Å². The SMILES string of the molecule is CCCCCCCCNc1ccccc1C=CC(C)=CC=C/C(C)=C/C(=O)OCC. The zero-order valence-electron chi connectivity index (χ0n) is 19.2. The average Bonchev–Trinajstić information content (AvgIpc) is 2.72. The molecule has 1 N–H and O–H groups in total. The number of carbonyl (C=O) groups is 1. The lowest BCUT2D eigenvalue weighted by Crippen LogP contribution is -2.02. The number of nitrogens with one attached hydrogen (secondary N) is 1. The van der Waals surface area contributed by atoms with Crippen LogP contribution >= 0.6 is 0 Å². The Labute approximate surface area is 183 Å². The van der Waals surface area contributed by atoms with Gasteiger partial charge in [-0.2, -0.15) is 0 Å². The van der Waals surface area contributed by atoms with Crippen LogP contribution in [0.4, 0.5) is 5.69 Å². The molecule has 0 radical (unpaired) electrons. The van der Waals surface area contributed by atoms with Gasteiger partial charge in [0.05, 0.1) is 6.61 Å². The predicted molar refractivity (Wildman–Crippen MR) is 131 cm³/mol. The van der Waals surface area contributed by atoms with Gasteiger partial charge in [-0.25, -0.2) is 4.79 Å². The fourth-order valence-corrected chi connectivity index (χ4v) is 2.98. The quantitative estimate of drug-likeness (QED) is 0.150. The van der Waals surface area contributed by atoms with Crippen LogP contribution in [0.15, 0.2) is 65.8 Å². The number of rotatable bonds is 14. The molecule has 3 nitrogen and oxygen atoms in total. The van der Waals surface area contributed by atoms with E-state index in [1.807, 2.05) is 25.2 Å². The van der Waals surface area contributed by atoms with Gasteiger partial charge in [0.25, 0.3) is 0 Å². The van der Waals surface area contributed by atoms with Crippen molar-refractivity contribution in [2.75, 3.05) is 18.5 Å². The maximum atomic E-state index is 11.4. The van der Waals surface area contributed by atoms with Crippen molar-refractivity contribution in [2.45, 2.75) is 66.2 Å². The molecule has 0 aromatic heterocycles. The Morgan fingerprint density at radius 2 is 1.70 bits per heavy atom. The van der Waals surface area contributed by atoms with Crippen molar-refractivity contribution in [1.82, 2.24) is 0 Å². The molecule has 0 atom stereocenters. The smallest absolute Gasteiger partial charge is 0.330 e. The molecule has 0 heterocycles. The number of unbranched alkanes of at least 4 members (excludes halogenated alkanes) is 5. The molecule has 164 valence electrons. The highest BCUT2D eigenvalue weighted by molar-refractivity contribution is 5.83. The van der Waals surface area contributed by atoms with Crippen molar-refractivity contribution in [3.8, 4) is 0 Å². The number of hydrogen-bond acceptors (Lipinski definition) is 3. The van der Waals surface area contributed by atoms with Gasteiger partial charge in [0.2, 0.25) is 0 Å². The van der Waals surface area contributed by atoms with Gasteiger partial charge in [-0.05, 0) is 44.4 Å². The van der Waals surface area contributed by atoms with Crippen LogP contribution < -0.4 is 5.32 Å². The van der Waals surface area contributed by atoms with E-state index in [9.17, 15) is 4.79 Å². The van der Waals surface area contributed by atoms with Crippen molar-refractivity contribution < 1.29 is 9.53 Å². The summed E-state index contributed by atoms with van der Waals surface area (Å²) < 4.78 is 4.91. The summed E-state index contributed by atoms with van der Waals surface area (Å²) in [4.78, 5) is 11.4. The second-order valence-corrected chi connectivity index (χ2v) is 7.53. The highest BCUT2D eigenvalue weighted by atomic mass is 16.5. The molecule has 1 aromatic carbocycles. The Kier molecular flexibility index (Phi) is 13.8. The Morgan fingerprint density at radius 3 is 2.47 bits per heavy atom. The molecule has 0 bridgehead atoms. The molecule has 0 aliphatic carbocycles. The molecule has 3 heteroatoms. The summed E-state index contributed by atoms with van der Waals surface area (Å²) in [6, 6.07) is 8.41. The molecule has 1 aromatic rings. The lowest BCUT2D eigenvalue weighted by molar-refractivity contribution is -0.137. The largest absolute Gasteiger partial charge is 0.463 e. The highest BCUT2D eigenvalue weighted by Gasteiger charge is 1.98. The van der Waals surface area contributed by atoms with E-state index in [2.05, 4.69) is 55.6 Å². The summed E-state index contributed by atoms with van der Waals surface area (Å²) >= 11 is 0. The lowest BCUT2D eigenvalue weighted by atomic mass is 10.1. The van der Waals surface area contributed by atoms with Crippen molar-refractivity contribution in [1.29, 1.82) is 0 Å². The van der Waals surface area contributed by atoms with Crippen LogP contribution in [-0.2, 0) is 9.53 Å². The number of allylic oxidation sites excluding steroid dienone is 6. The first-order valence-corrected chi connectivity index (χ1v) is 11.3. The van der Waals surface area contributed by atoms with E-state index in [4.69, 9.17) is 4.74 Å². The van der Waals surface area contributed by atoms with Gasteiger partial charge in [0, 0.05) is 18.3 Å². The van der Waals surface area contributed by atoms with E-state index in [0.717, 1.165) is 17.7 Å². The first-order chi connectivity index (χ1) is 14.6. The third kappa shape index (κ3) is 12.1. The van der Waals surface area contributed by atoms with Gasteiger partial charge in [-0.3, -0.25) is 0 Å². The van der Waals surface area contributed by atoms with Crippen molar-refractivity contribution >= 4 is 17.7 Å². The average molecular weight is 410 g/mol. The van der Waals surface area contributed by atoms with Crippen LogP contribution in [0.1, 0.15) is 71.8 Å². The first kappa shape index (κ1) is 25.5. The van der Waals surface area contributed by atoms with Gasteiger partial charge >= 0.3 is 5.97 Å². The van der Waals surface area contributed by atoms with Gasteiger partial charge in [0.1, 0.15) is 0 Å². The summed E-state index contributed by atoms with van der Waals surface area (Å²) in [6.07, 6.45) is 19.5. The maximum Gasteiger partial charge on any atom is 0.330 e. The van der Waals surface area contributed by atoms with Crippen molar-refractivity contribution in [3.05, 3.63) is 71.4 Å². The van der Waals surface area contributed by atoms with Crippen molar-refractivity contribution in [3.63, 3.8) is 0 Å². The predicted octanol–water partition coefficient (Wildman–Crippen LogP) is 7.48. The van der Waals surface area contributed by atoms with Gasteiger partial charge in [-0.1, -0.05) is 93.2 Å². The minimum Gasteiger partial charge on any atom is -0.463 e. The van der Waals surface area contributed by atoms with Crippen LogP contribution in [0.2, 0.25) is 0 Å².